The van der Waals surface area contributed by atoms with Gasteiger partial charge in [-0.15, -0.1) is 0 Å². The van der Waals surface area contributed by atoms with Crippen molar-refractivity contribution in [2.45, 2.75) is 39.2 Å². The van der Waals surface area contributed by atoms with Gasteiger partial charge >= 0.3 is 0 Å². The Bertz CT molecular complexity index is 418. The summed E-state index contributed by atoms with van der Waals surface area (Å²) in [6, 6.07) is 11.0. The van der Waals surface area contributed by atoms with Gasteiger partial charge in [-0.25, -0.2) is 0 Å². The molecule has 0 bridgehead atoms. The molecule has 20 heavy (non-hydrogen) atoms. The fraction of sp³-hybridized carbons (Fsp3) is 0.588. The molecule has 2 rings (SSSR count). The fourth-order valence-corrected chi connectivity index (χ4v) is 2.89. The fourth-order valence-electron chi connectivity index (χ4n) is 2.89. The summed E-state index contributed by atoms with van der Waals surface area (Å²) in [5.41, 5.74) is 1.40. The van der Waals surface area contributed by atoms with Gasteiger partial charge in [0.25, 0.3) is 0 Å². The van der Waals surface area contributed by atoms with E-state index in [9.17, 15) is 4.79 Å². The van der Waals surface area contributed by atoms with Crippen molar-refractivity contribution in [1.82, 2.24) is 10.2 Å². The molecule has 1 aromatic rings. The molecule has 1 heterocycles. The summed E-state index contributed by atoms with van der Waals surface area (Å²) >= 11 is 0. The van der Waals surface area contributed by atoms with E-state index in [0.29, 0.717) is 18.4 Å². The quantitative estimate of drug-likeness (QED) is 0.894. The lowest BCUT2D eigenvalue weighted by molar-refractivity contribution is -0.122. The van der Waals surface area contributed by atoms with E-state index in [-0.39, 0.29) is 5.91 Å². The first-order valence-corrected chi connectivity index (χ1v) is 7.74. The minimum absolute atomic E-state index is 0.180. The van der Waals surface area contributed by atoms with Crippen LogP contribution in [0.4, 0.5) is 0 Å². The number of amides is 1. The molecular formula is C17H26N2O. The van der Waals surface area contributed by atoms with Crippen LogP contribution in [0.1, 0.15) is 32.3 Å². The third-order valence-corrected chi connectivity index (χ3v) is 4.22. The average molecular weight is 274 g/mol. The first kappa shape index (κ1) is 15.0. The van der Waals surface area contributed by atoms with Crippen molar-refractivity contribution >= 4 is 5.91 Å². The van der Waals surface area contributed by atoms with E-state index in [0.717, 1.165) is 32.5 Å². The van der Waals surface area contributed by atoms with Crippen LogP contribution in [0.5, 0.6) is 0 Å². The summed E-state index contributed by atoms with van der Waals surface area (Å²) in [7, 11) is 0. The normalized spacial score (nSPS) is 23.5. The molecule has 1 saturated heterocycles. The molecule has 1 N–H and O–H groups in total. The molecule has 0 spiro atoms. The maximum atomic E-state index is 11.5. The van der Waals surface area contributed by atoms with Crippen LogP contribution in [0.25, 0.3) is 0 Å². The second-order valence-corrected chi connectivity index (χ2v) is 5.83. The maximum absolute atomic E-state index is 11.5. The third kappa shape index (κ3) is 4.34. The van der Waals surface area contributed by atoms with Crippen molar-refractivity contribution in [3.8, 4) is 0 Å². The Hall–Kier alpha value is -1.35. The molecule has 110 valence electrons. The van der Waals surface area contributed by atoms with Gasteiger partial charge < -0.3 is 10.2 Å². The van der Waals surface area contributed by atoms with Crippen molar-refractivity contribution in [3.05, 3.63) is 35.9 Å². The maximum Gasteiger partial charge on any atom is 0.219 e. The molecule has 1 aromatic carbocycles. The predicted molar refractivity (Wildman–Crippen MR) is 82.6 cm³/mol. The van der Waals surface area contributed by atoms with Crippen LogP contribution >= 0.6 is 0 Å². The highest BCUT2D eigenvalue weighted by molar-refractivity contribution is 5.75. The lowest BCUT2D eigenvalue weighted by Crippen LogP contribution is -2.50. The molecule has 0 aliphatic carbocycles. The van der Waals surface area contributed by atoms with Crippen molar-refractivity contribution in [2.24, 2.45) is 5.92 Å². The third-order valence-electron chi connectivity index (χ3n) is 4.22. The monoisotopic (exact) mass is 274 g/mol. The number of rotatable bonds is 5. The molecule has 0 radical (unpaired) electrons. The number of carbonyl (C=O) groups excluding carboxylic acids is 1. The minimum atomic E-state index is 0.180. The molecule has 2 atom stereocenters. The number of nitrogens with one attached hydrogen (secondary N) is 1. The van der Waals surface area contributed by atoms with Gasteiger partial charge in [0.05, 0.1) is 0 Å². The van der Waals surface area contributed by atoms with Gasteiger partial charge in [0.1, 0.15) is 0 Å². The van der Waals surface area contributed by atoms with Crippen molar-refractivity contribution in [2.75, 3.05) is 19.6 Å². The number of carbonyl (C=O) groups is 1. The van der Waals surface area contributed by atoms with Crippen LogP contribution in [-0.4, -0.2) is 36.5 Å². The van der Waals surface area contributed by atoms with E-state index in [1.807, 2.05) is 6.92 Å². The van der Waals surface area contributed by atoms with E-state index >= 15 is 0 Å². The highest BCUT2D eigenvalue weighted by Crippen LogP contribution is 2.17. The van der Waals surface area contributed by atoms with Crippen LogP contribution in [0.15, 0.2) is 30.3 Å². The summed E-state index contributed by atoms with van der Waals surface area (Å²) < 4.78 is 0. The Morgan fingerprint density at radius 2 is 2.10 bits per heavy atom. The summed E-state index contributed by atoms with van der Waals surface area (Å²) in [6.45, 7) is 7.44. The van der Waals surface area contributed by atoms with Crippen LogP contribution in [0.3, 0.4) is 0 Å². The number of benzene rings is 1. The van der Waals surface area contributed by atoms with Crippen molar-refractivity contribution < 1.29 is 4.79 Å². The molecule has 0 aromatic heterocycles. The summed E-state index contributed by atoms with van der Waals surface area (Å²) in [5.74, 6) is 0.717. The average Bonchev–Trinajstić information content (AvgIpc) is 2.48. The van der Waals surface area contributed by atoms with E-state index in [4.69, 9.17) is 0 Å². The van der Waals surface area contributed by atoms with Crippen LogP contribution < -0.4 is 5.32 Å². The Kier molecular flexibility index (Phi) is 5.60. The molecule has 1 amide bonds. The number of likely N-dealkylation sites (tertiary alicyclic amines) is 1. The Balaban J connectivity index is 1.76. The SMILES string of the molecule is CCC(=O)N[C@H]1CCN(CCc2ccccc2)CC1C. The highest BCUT2D eigenvalue weighted by atomic mass is 16.1. The molecule has 1 unspecified atom stereocenters. The first-order chi connectivity index (χ1) is 9.69. The predicted octanol–water partition coefficient (Wildman–Crippen LogP) is 2.47. The van der Waals surface area contributed by atoms with Crippen LogP contribution in [0.2, 0.25) is 0 Å². The molecular weight excluding hydrogens is 248 g/mol. The van der Waals surface area contributed by atoms with E-state index < -0.39 is 0 Å². The van der Waals surface area contributed by atoms with Crippen molar-refractivity contribution in [3.63, 3.8) is 0 Å². The zero-order valence-corrected chi connectivity index (χ0v) is 12.6. The topological polar surface area (TPSA) is 32.3 Å². The molecule has 1 aliphatic rings. The Morgan fingerprint density at radius 3 is 2.75 bits per heavy atom. The highest BCUT2D eigenvalue weighted by Gasteiger charge is 2.26. The van der Waals surface area contributed by atoms with E-state index in [1.54, 1.807) is 0 Å². The van der Waals surface area contributed by atoms with Gasteiger partial charge in [-0.2, -0.15) is 0 Å². The largest absolute Gasteiger partial charge is 0.353 e. The lowest BCUT2D eigenvalue weighted by atomic mass is 9.93. The van der Waals surface area contributed by atoms with Crippen LogP contribution in [-0.2, 0) is 11.2 Å². The molecule has 0 saturated carbocycles. The van der Waals surface area contributed by atoms with E-state index in [1.165, 1.54) is 5.56 Å². The number of hydrogen-bond acceptors (Lipinski definition) is 2. The summed E-state index contributed by atoms with van der Waals surface area (Å²) in [5, 5.41) is 3.15. The van der Waals surface area contributed by atoms with Crippen LogP contribution in [0, 0.1) is 5.92 Å². The minimum Gasteiger partial charge on any atom is -0.353 e. The van der Waals surface area contributed by atoms with Gasteiger partial charge in [0.2, 0.25) is 5.91 Å². The number of piperidine rings is 1. The van der Waals surface area contributed by atoms with Gasteiger partial charge in [-0.05, 0) is 24.3 Å². The molecule has 3 heteroatoms. The van der Waals surface area contributed by atoms with Gasteiger partial charge in [-0.3, -0.25) is 4.79 Å². The van der Waals surface area contributed by atoms with Gasteiger partial charge in [0.15, 0.2) is 0 Å². The van der Waals surface area contributed by atoms with Gasteiger partial charge in [-0.1, -0.05) is 44.2 Å². The first-order valence-electron chi connectivity index (χ1n) is 7.74. The number of hydrogen-bond donors (Lipinski definition) is 1. The zero-order valence-electron chi connectivity index (χ0n) is 12.6. The summed E-state index contributed by atoms with van der Waals surface area (Å²) in [6.07, 6.45) is 2.77. The second kappa shape index (κ2) is 7.44. The second-order valence-electron chi connectivity index (χ2n) is 5.83. The molecule has 1 fully saturated rings. The Morgan fingerprint density at radius 1 is 1.35 bits per heavy atom. The number of nitrogens with zero attached hydrogens (tertiary/aromatic N) is 1. The van der Waals surface area contributed by atoms with Gasteiger partial charge in [0, 0.05) is 32.1 Å². The molecule has 1 aliphatic heterocycles. The Labute approximate surface area is 122 Å². The lowest BCUT2D eigenvalue weighted by Gasteiger charge is -2.37. The van der Waals surface area contributed by atoms with Crippen molar-refractivity contribution in [1.29, 1.82) is 0 Å². The smallest absolute Gasteiger partial charge is 0.219 e. The summed E-state index contributed by atoms with van der Waals surface area (Å²) in [4.78, 5) is 14.0. The zero-order chi connectivity index (χ0) is 14.4. The molecule has 3 nitrogen and oxygen atoms in total. The van der Waals surface area contributed by atoms with E-state index in [2.05, 4.69) is 47.5 Å². The standard InChI is InChI=1S/C17H26N2O/c1-3-17(20)18-16-10-12-19(13-14(16)2)11-9-15-7-5-4-6-8-15/h4-8,14,16H,3,9-13H2,1-2H3,(H,18,20)/t14?,16-/m0/s1.